The molecule has 21 heavy (non-hydrogen) atoms. The fourth-order valence-corrected chi connectivity index (χ4v) is 1.97. The zero-order valence-corrected chi connectivity index (χ0v) is 11.1. The molecule has 0 fully saturated rings. The average molecular weight is 303 g/mol. The number of Topliss-reactive ketones (excluding diaryl/α,β-unsaturated/α-hetero) is 1. The highest BCUT2D eigenvalue weighted by Gasteiger charge is 2.36. The van der Waals surface area contributed by atoms with Crippen molar-refractivity contribution in [2.75, 3.05) is 31.8 Å². The fourth-order valence-electron chi connectivity index (χ4n) is 1.97. The van der Waals surface area contributed by atoms with Gasteiger partial charge in [-0.15, -0.1) is 0 Å². The molecule has 114 valence electrons. The number of carbonyl (C=O) groups excluding carboxylic acids is 2. The largest absolute Gasteiger partial charge is 0.497 e. The summed E-state index contributed by atoms with van der Waals surface area (Å²) in [6, 6.07) is 4.50. The number of ketones is 1. The average Bonchev–Trinajstić information content (AvgIpc) is 2.66. The van der Waals surface area contributed by atoms with Crippen molar-refractivity contribution >= 4 is 17.4 Å². The first-order chi connectivity index (χ1) is 9.83. The van der Waals surface area contributed by atoms with E-state index in [9.17, 15) is 22.8 Å². The highest BCUT2D eigenvalue weighted by Crippen LogP contribution is 2.31. The number of methoxy groups -OCH3 is 1. The molecule has 1 aliphatic rings. The Hall–Kier alpha value is -2.09. The highest BCUT2D eigenvalue weighted by molar-refractivity contribution is 6.52. The van der Waals surface area contributed by atoms with Crippen molar-refractivity contribution in [3.63, 3.8) is 0 Å². The molecule has 5 nitrogen and oxygen atoms in total. The molecular formula is C13H12F3NO4. The number of hydrogen-bond acceptors (Lipinski definition) is 4. The first-order valence-electron chi connectivity index (χ1n) is 6.02. The zero-order valence-electron chi connectivity index (χ0n) is 11.1. The van der Waals surface area contributed by atoms with Crippen molar-refractivity contribution in [2.45, 2.75) is 6.18 Å². The molecular weight excluding hydrogens is 291 g/mol. The molecule has 0 N–H and O–H groups in total. The van der Waals surface area contributed by atoms with Crippen LogP contribution in [0.15, 0.2) is 18.2 Å². The molecule has 0 spiro atoms. The second-order valence-corrected chi connectivity index (χ2v) is 4.34. The molecule has 1 aromatic carbocycles. The smallest absolute Gasteiger partial charge is 0.411 e. The van der Waals surface area contributed by atoms with E-state index in [-0.39, 0.29) is 18.7 Å². The topological polar surface area (TPSA) is 55.8 Å². The number of anilines is 1. The number of amides is 1. The van der Waals surface area contributed by atoms with Gasteiger partial charge >= 0.3 is 6.18 Å². The summed E-state index contributed by atoms with van der Waals surface area (Å²) in [5.41, 5.74) is 0.525. The maximum atomic E-state index is 11.9. The predicted molar refractivity (Wildman–Crippen MR) is 66.6 cm³/mol. The molecule has 1 heterocycles. The minimum absolute atomic E-state index is 0.125. The molecule has 0 radical (unpaired) electrons. The van der Waals surface area contributed by atoms with Crippen LogP contribution in [0.25, 0.3) is 0 Å². The third-order valence-electron chi connectivity index (χ3n) is 2.90. The standard InChI is InChI=1S/C13H12F3NO4/c1-20-8-2-3-10-9(6-8)11(18)12(19)17(10)4-5-21-7-13(14,15)16/h2-3,6H,4-5,7H2,1H3. The van der Waals surface area contributed by atoms with E-state index in [4.69, 9.17) is 4.74 Å². The van der Waals surface area contributed by atoms with Crippen LogP contribution >= 0.6 is 0 Å². The Morgan fingerprint density at radius 2 is 1.95 bits per heavy atom. The monoisotopic (exact) mass is 303 g/mol. The summed E-state index contributed by atoms with van der Waals surface area (Å²) in [4.78, 5) is 24.7. The number of carbonyl (C=O) groups is 2. The predicted octanol–water partition coefficient (Wildman–Crippen LogP) is 1.80. The number of nitrogens with zero attached hydrogens (tertiary/aromatic N) is 1. The van der Waals surface area contributed by atoms with E-state index in [0.717, 1.165) is 4.90 Å². The highest BCUT2D eigenvalue weighted by atomic mass is 19.4. The van der Waals surface area contributed by atoms with E-state index in [1.54, 1.807) is 6.07 Å². The Bertz CT molecular complexity index is 571. The van der Waals surface area contributed by atoms with Gasteiger partial charge in [-0.1, -0.05) is 0 Å². The van der Waals surface area contributed by atoms with E-state index < -0.39 is 24.5 Å². The lowest BCUT2D eigenvalue weighted by Crippen LogP contribution is -2.33. The minimum atomic E-state index is -4.42. The van der Waals surface area contributed by atoms with Crippen LogP contribution in [-0.4, -0.2) is 44.7 Å². The minimum Gasteiger partial charge on any atom is -0.497 e. The summed E-state index contributed by atoms with van der Waals surface area (Å²) >= 11 is 0. The second kappa shape index (κ2) is 5.72. The van der Waals surface area contributed by atoms with Gasteiger partial charge in [0.1, 0.15) is 12.4 Å². The SMILES string of the molecule is COc1ccc2c(c1)C(=O)C(=O)N2CCOCC(F)(F)F. The molecule has 0 saturated carbocycles. The maximum absolute atomic E-state index is 11.9. The first-order valence-corrected chi connectivity index (χ1v) is 6.02. The molecule has 0 aromatic heterocycles. The Balaban J connectivity index is 2.05. The van der Waals surface area contributed by atoms with Crippen molar-refractivity contribution in [2.24, 2.45) is 0 Å². The first kappa shape index (κ1) is 15.3. The molecule has 1 aromatic rings. The van der Waals surface area contributed by atoms with Crippen LogP contribution < -0.4 is 9.64 Å². The molecule has 0 atom stereocenters. The molecule has 1 aliphatic heterocycles. The van der Waals surface area contributed by atoms with Crippen molar-refractivity contribution in [1.29, 1.82) is 0 Å². The third kappa shape index (κ3) is 3.33. The van der Waals surface area contributed by atoms with Crippen LogP contribution in [0.2, 0.25) is 0 Å². The van der Waals surface area contributed by atoms with Crippen molar-refractivity contribution in [1.82, 2.24) is 0 Å². The lowest BCUT2D eigenvalue weighted by atomic mass is 10.1. The lowest BCUT2D eigenvalue weighted by molar-refractivity contribution is -0.173. The Kier molecular flexibility index (Phi) is 4.17. The Labute approximate surface area is 118 Å². The van der Waals surface area contributed by atoms with Gasteiger partial charge in [-0.05, 0) is 18.2 Å². The van der Waals surface area contributed by atoms with Gasteiger partial charge in [-0.3, -0.25) is 9.59 Å². The zero-order chi connectivity index (χ0) is 15.6. The van der Waals surface area contributed by atoms with Gasteiger partial charge < -0.3 is 14.4 Å². The molecule has 0 aliphatic carbocycles. The van der Waals surface area contributed by atoms with Crippen LogP contribution in [0, 0.1) is 0 Å². The molecule has 0 bridgehead atoms. The summed E-state index contributed by atoms with van der Waals surface area (Å²) in [5.74, 6) is -1.07. The van der Waals surface area contributed by atoms with Crippen molar-refractivity contribution in [3.8, 4) is 5.75 Å². The summed E-state index contributed by atoms with van der Waals surface area (Å²) < 4.78 is 45.2. The number of hydrogen-bond donors (Lipinski definition) is 0. The van der Waals surface area contributed by atoms with Gasteiger partial charge in [0.2, 0.25) is 0 Å². The molecule has 2 rings (SSSR count). The van der Waals surface area contributed by atoms with E-state index >= 15 is 0 Å². The number of halogens is 3. The summed E-state index contributed by atoms with van der Waals surface area (Å²) in [6.07, 6.45) is -4.42. The van der Waals surface area contributed by atoms with Crippen LogP contribution in [0.5, 0.6) is 5.75 Å². The fraction of sp³-hybridized carbons (Fsp3) is 0.385. The number of fused-ring (bicyclic) bond motifs is 1. The van der Waals surface area contributed by atoms with Gasteiger partial charge in [0.15, 0.2) is 0 Å². The number of ether oxygens (including phenoxy) is 2. The van der Waals surface area contributed by atoms with E-state index in [1.165, 1.54) is 19.2 Å². The van der Waals surface area contributed by atoms with Crippen LogP contribution in [0.3, 0.4) is 0 Å². The quantitative estimate of drug-likeness (QED) is 0.615. The number of rotatable bonds is 5. The lowest BCUT2D eigenvalue weighted by Gasteiger charge is -2.17. The Morgan fingerprint density at radius 1 is 1.24 bits per heavy atom. The second-order valence-electron chi connectivity index (χ2n) is 4.34. The summed E-state index contributed by atoms with van der Waals surface area (Å²) in [5, 5.41) is 0. The van der Waals surface area contributed by atoms with Gasteiger partial charge in [0.05, 0.1) is 25.0 Å². The van der Waals surface area contributed by atoms with E-state index in [1.807, 2.05) is 0 Å². The maximum Gasteiger partial charge on any atom is 0.411 e. The normalized spacial score (nSPS) is 14.6. The molecule has 0 unspecified atom stereocenters. The van der Waals surface area contributed by atoms with Gasteiger partial charge in [-0.25, -0.2) is 0 Å². The van der Waals surface area contributed by atoms with Crippen molar-refractivity contribution < 1.29 is 32.2 Å². The number of alkyl halides is 3. The Morgan fingerprint density at radius 3 is 2.57 bits per heavy atom. The van der Waals surface area contributed by atoms with Crippen LogP contribution in [0.1, 0.15) is 10.4 Å². The van der Waals surface area contributed by atoms with E-state index in [0.29, 0.717) is 11.4 Å². The van der Waals surface area contributed by atoms with Crippen molar-refractivity contribution in [3.05, 3.63) is 23.8 Å². The molecule has 0 saturated heterocycles. The van der Waals surface area contributed by atoms with Gasteiger partial charge in [-0.2, -0.15) is 13.2 Å². The van der Waals surface area contributed by atoms with Crippen LogP contribution in [-0.2, 0) is 9.53 Å². The summed E-state index contributed by atoms with van der Waals surface area (Å²) in [7, 11) is 1.42. The summed E-state index contributed by atoms with van der Waals surface area (Å²) in [6.45, 7) is -1.83. The van der Waals surface area contributed by atoms with Crippen LogP contribution in [0.4, 0.5) is 18.9 Å². The third-order valence-corrected chi connectivity index (χ3v) is 2.90. The van der Waals surface area contributed by atoms with E-state index in [2.05, 4.69) is 4.74 Å². The molecule has 1 amide bonds. The van der Waals surface area contributed by atoms with Gasteiger partial charge in [0, 0.05) is 6.54 Å². The number of benzene rings is 1. The molecule has 8 heteroatoms. The van der Waals surface area contributed by atoms with Gasteiger partial charge in [0.25, 0.3) is 11.7 Å².